The molecule has 1 amide bonds. The number of benzene rings is 1. The lowest BCUT2D eigenvalue weighted by Crippen LogP contribution is -2.29. The predicted molar refractivity (Wildman–Crippen MR) is 119 cm³/mol. The summed E-state index contributed by atoms with van der Waals surface area (Å²) in [7, 11) is -3.26. The molecule has 0 aliphatic heterocycles. The van der Waals surface area contributed by atoms with Crippen LogP contribution in [0.5, 0.6) is 0 Å². The number of sulfonamides is 1. The van der Waals surface area contributed by atoms with E-state index in [2.05, 4.69) is 10.0 Å². The molecule has 10 heteroatoms. The summed E-state index contributed by atoms with van der Waals surface area (Å²) in [4.78, 5) is 37.4. The number of amides is 1. The number of thiophene rings is 1. The van der Waals surface area contributed by atoms with Crippen molar-refractivity contribution in [3.8, 4) is 0 Å². The molecule has 0 spiro atoms. The summed E-state index contributed by atoms with van der Waals surface area (Å²) in [6, 6.07) is 10.3. The molecule has 1 aromatic heterocycles. The monoisotopic (exact) mass is 466 g/mol. The van der Waals surface area contributed by atoms with Crippen molar-refractivity contribution in [1.82, 2.24) is 10.0 Å². The van der Waals surface area contributed by atoms with Gasteiger partial charge in [0.2, 0.25) is 21.7 Å². The summed E-state index contributed by atoms with van der Waals surface area (Å²) >= 11 is 1.23. The number of hydrogen-bond acceptors (Lipinski definition) is 7. The third-order valence-electron chi connectivity index (χ3n) is 4.26. The summed E-state index contributed by atoms with van der Waals surface area (Å²) in [5.74, 6) is -1.21. The van der Waals surface area contributed by atoms with Gasteiger partial charge in [0.05, 0.1) is 23.6 Å². The maximum absolute atomic E-state index is 12.3. The first-order chi connectivity index (χ1) is 14.5. The Hall–Kier alpha value is -2.56. The van der Waals surface area contributed by atoms with E-state index in [1.807, 2.05) is 31.2 Å². The first-order valence-electron chi connectivity index (χ1n) is 9.59. The van der Waals surface area contributed by atoms with Crippen molar-refractivity contribution in [3.63, 3.8) is 0 Å². The zero-order valence-electron chi connectivity index (χ0n) is 17.6. The minimum absolute atomic E-state index is 0.0945. The van der Waals surface area contributed by atoms with Crippen molar-refractivity contribution in [1.29, 1.82) is 0 Å². The van der Waals surface area contributed by atoms with E-state index in [9.17, 15) is 22.8 Å². The molecule has 0 radical (unpaired) electrons. The number of aryl methyl sites for hydroxylation is 1. The molecule has 0 bridgehead atoms. The Balaban J connectivity index is 1.88. The standard InChI is InChI=1S/C21H26N2O6S2/c1-14-4-6-16(7-5-14)18(23-15(2)24)12-21(26)29-13-19(25)20-9-8-17(30-20)10-11-22-31(3,27)28/h4-9,18,22H,10-13H2,1-3H3,(H,23,24). The molecular formula is C21H26N2O6S2. The van der Waals surface area contributed by atoms with Crippen LogP contribution in [0.1, 0.15) is 45.1 Å². The molecule has 0 saturated carbocycles. The van der Waals surface area contributed by atoms with Gasteiger partial charge in [0.1, 0.15) is 0 Å². The van der Waals surface area contributed by atoms with Crippen LogP contribution < -0.4 is 10.0 Å². The topological polar surface area (TPSA) is 119 Å². The lowest BCUT2D eigenvalue weighted by Gasteiger charge is -2.17. The average Bonchev–Trinajstić information content (AvgIpc) is 3.14. The van der Waals surface area contributed by atoms with Gasteiger partial charge < -0.3 is 10.1 Å². The second-order valence-electron chi connectivity index (χ2n) is 7.13. The summed E-state index contributed by atoms with van der Waals surface area (Å²) in [6.07, 6.45) is 1.45. The predicted octanol–water partition coefficient (Wildman–Crippen LogP) is 2.14. The Morgan fingerprint density at radius 1 is 1.10 bits per heavy atom. The third-order valence-corrected chi connectivity index (χ3v) is 6.18. The lowest BCUT2D eigenvalue weighted by molar-refractivity contribution is -0.143. The fraction of sp³-hybridized carbons (Fsp3) is 0.381. The molecular weight excluding hydrogens is 440 g/mol. The second-order valence-corrected chi connectivity index (χ2v) is 10.1. The molecule has 0 saturated heterocycles. The molecule has 1 unspecified atom stereocenters. The summed E-state index contributed by atoms with van der Waals surface area (Å²) in [5.41, 5.74) is 1.83. The molecule has 8 nitrogen and oxygen atoms in total. The highest BCUT2D eigenvalue weighted by Gasteiger charge is 2.19. The first-order valence-corrected chi connectivity index (χ1v) is 12.3. The molecule has 1 aromatic carbocycles. The van der Waals surface area contributed by atoms with Gasteiger partial charge in [-0.3, -0.25) is 14.4 Å². The number of esters is 1. The van der Waals surface area contributed by atoms with Gasteiger partial charge in [0.25, 0.3) is 0 Å². The van der Waals surface area contributed by atoms with Gasteiger partial charge in [-0.2, -0.15) is 0 Å². The quantitative estimate of drug-likeness (QED) is 0.387. The van der Waals surface area contributed by atoms with Gasteiger partial charge in [0.15, 0.2) is 6.61 Å². The second kappa shape index (κ2) is 11.2. The van der Waals surface area contributed by atoms with E-state index in [0.717, 1.165) is 22.3 Å². The van der Waals surface area contributed by atoms with E-state index < -0.39 is 28.6 Å². The van der Waals surface area contributed by atoms with Crippen molar-refractivity contribution in [2.45, 2.75) is 32.7 Å². The Bertz CT molecular complexity index is 1030. The molecule has 0 fully saturated rings. The number of ketones is 1. The van der Waals surface area contributed by atoms with E-state index in [0.29, 0.717) is 11.3 Å². The van der Waals surface area contributed by atoms with Gasteiger partial charge in [-0.15, -0.1) is 11.3 Å². The molecule has 1 atom stereocenters. The van der Waals surface area contributed by atoms with Crippen molar-refractivity contribution >= 4 is 39.0 Å². The molecule has 0 aliphatic carbocycles. The van der Waals surface area contributed by atoms with Gasteiger partial charge in [-0.05, 0) is 31.0 Å². The van der Waals surface area contributed by atoms with Crippen LogP contribution in [0, 0.1) is 6.92 Å². The summed E-state index contributed by atoms with van der Waals surface area (Å²) in [5, 5.41) is 2.73. The number of rotatable bonds is 11. The summed E-state index contributed by atoms with van der Waals surface area (Å²) < 4.78 is 29.7. The molecule has 2 aromatic rings. The van der Waals surface area contributed by atoms with Crippen LogP contribution in [-0.2, 0) is 30.8 Å². The zero-order chi connectivity index (χ0) is 23.0. The minimum Gasteiger partial charge on any atom is -0.457 e. The SMILES string of the molecule is CC(=O)NC(CC(=O)OCC(=O)c1ccc(CCNS(C)(=O)=O)s1)c1ccc(C)cc1. The largest absolute Gasteiger partial charge is 0.457 e. The van der Waals surface area contributed by atoms with E-state index in [4.69, 9.17) is 4.74 Å². The van der Waals surface area contributed by atoms with Crippen molar-refractivity contribution in [2.75, 3.05) is 19.4 Å². The van der Waals surface area contributed by atoms with E-state index in [1.54, 1.807) is 12.1 Å². The fourth-order valence-electron chi connectivity index (χ4n) is 2.76. The molecule has 2 rings (SSSR count). The maximum atomic E-state index is 12.3. The number of carbonyl (C=O) groups excluding carboxylic acids is 3. The summed E-state index contributed by atoms with van der Waals surface area (Å²) in [6.45, 7) is 3.15. The minimum atomic E-state index is -3.26. The highest BCUT2D eigenvalue weighted by molar-refractivity contribution is 7.88. The number of ether oxygens (including phenoxy) is 1. The number of nitrogens with one attached hydrogen (secondary N) is 2. The maximum Gasteiger partial charge on any atom is 0.308 e. The van der Waals surface area contributed by atoms with E-state index in [-0.39, 0.29) is 24.7 Å². The Morgan fingerprint density at radius 3 is 2.39 bits per heavy atom. The van der Waals surface area contributed by atoms with E-state index >= 15 is 0 Å². The molecule has 1 heterocycles. The third kappa shape index (κ3) is 8.99. The number of Topliss-reactive ketones (excluding diaryl/α,β-unsaturated/α-hetero) is 1. The zero-order valence-corrected chi connectivity index (χ0v) is 19.3. The van der Waals surface area contributed by atoms with E-state index in [1.165, 1.54) is 18.3 Å². The van der Waals surface area contributed by atoms with Gasteiger partial charge in [0, 0.05) is 18.3 Å². The molecule has 31 heavy (non-hydrogen) atoms. The molecule has 2 N–H and O–H groups in total. The van der Waals surface area contributed by atoms with Gasteiger partial charge in [-0.25, -0.2) is 13.1 Å². The van der Waals surface area contributed by atoms with Gasteiger partial charge >= 0.3 is 5.97 Å². The first kappa shape index (κ1) is 24.7. The van der Waals surface area contributed by atoms with Crippen LogP contribution in [0.15, 0.2) is 36.4 Å². The Kier molecular flexibility index (Phi) is 8.90. The van der Waals surface area contributed by atoms with Crippen molar-refractivity contribution < 1.29 is 27.5 Å². The van der Waals surface area contributed by atoms with Crippen LogP contribution in [0.2, 0.25) is 0 Å². The van der Waals surface area contributed by atoms with Crippen LogP contribution >= 0.6 is 11.3 Å². The van der Waals surface area contributed by atoms with Crippen LogP contribution in [-0.4, -0.2) is 45.5 Å². The number of hydrogen-bond donors (Lipinski definition) is 2. The van der Waals surface area contributed by atoms with Crippen LogP contribution in [0.25, 0.3) is 0 Å². The lowest BCUT2D eigenvalue weighted by atomic mass is 10.0. The Labute approximate surface area is 186 Å². The van der Waals surface area contributed by atoms with Crippen LogP contribution in [0.4, 0.5) is 0 Å². The van der Waals surface area contributed by atoms with Crippen molar-refractivity contribution in [2.24, 2.45) is 0 Å². The molecule has 0 aliphatic rings. The smallest absolute Gasteiger partial charge is 0.308 e. The molecule has 168 valence electrons. The average molecular weight is 467 g/mol. The normalized spacial score (nSPS) is 12.2. The van der Waals surface area contributed by atoms with Crippen LogP contribution in [0.3, 0.4) is 0 Å². The highest BCUT2D eigenvalue weighted by atomic mass is 32.2. The van der Waals surface area contributed by atoms with Gasteiger partial charge in [-0.1, -0.05) is 29.8 Å². The fourth-order valence-corrected chi connectivity index (χ4v) is 4.17. The Morgan fingerprint density at radius 2 is 1.77 bits per heavy atom. The number of carbonyl (C=O) groups is 3. The van der Waals surface area contributed by atoms with Crippen molar-refractivity contribution in [3.05, 3.63) is 57.3 Å². The highest BCUT2D eigenvalue weighted by Crippen LogP contribution is 2.20.